The standard InChI is InChI=1S/C36H24N4S/c1-5-25(20-37-9-1)29-13-30(26-6-2-10-38-21-26)16-33(15-29)35-19-36(41-24-35)34-17-31(27-7-3-11-39-22-27)14-32(18-34)28-8-4-12-40-23-28/h1-24H. The summed E-state index contributed by atoms with van der Waals surface area (Å²) < 4.78 is 0. The highest BCUT2D eigenvalue weighted by Crippen LogP contribution is 2.39. The lowest BCUT2D eigenvalue weighted by Crippen LogP contribution is -1.87. The Morgan fingerprint density at radius 2 is 0.683 bits per heavy atom. The fraction of sp³-hybridized carbons (Fsp3) is 0. The van der Waals surface area contributed by atoms with Crippen LogP contribution in [0, 0.1) is 0 Å². The zero-order chi connectivity index (χ0) is 27.4. The van der Waals surface area contributed by atoms with Gasteiger partial charge in [0.15, 0.2) is 0 Å². The molecule has 194 valence electrons. The fourth-order valence-corrected chi connectivity index (χ4v) is 5.91. The van der Waals surface area contributed by atoms with Gasteiger partial charge in [0.1, 0.15) is 0 Å². The van der Waals surface area contributed by atoms with E-state index in [1.165, 1.54) is 10.4 Å². The van der Waals surface area contributed by atoms with Crippen LogP contribution in [0.1, 0.15) is 0 Å². The fourth-order valence-electron chi connectivity index (χ4n) is 5.00. The first-order valence-electron chi connectivity index (χ1n) is 13.3. The van der Waals surface area contributed by atoms with E-state index >= 15 is 0 Å². The van der Waals surface area contributed by atoms with Crippen LogP contribution in [-0.2, 0) is 0 Å². The Kier molecular flexibility index (Phi) is 6.69. The highest BCUT2D eigenvalue weighted by Gasteiger charge is 2.13. The summed E-state index contributed by atoms with van der Waals surface area (Å²) >= 11 is 1.75. The number of nitrogens with zero attached hydrogens (tertiary/aromatic N) is 4. The van der Waals surface area contributed by atoms with Gasteiger partial charge in [-0.2, -0.15) is 0 Å². The Bertz CT molecular complexity index is 1660. The van der Waals surface area contributed by atoms with Crippen LogP contribution in [0.2, 0.25) is 0 Å². The van der Waals surface area contributed by atoms with Crippen LogP contribution in [-0.4, -0.2) is 19.9 Å². The number of thiophene rings is 1. The Morgan fingerprint density at radius 1 is 0.341 bits per heavy atom. The summed E-state index contributed by atoms with van der Waals surface area (Å²) in [5.41, 5.74) is 12.3. The van der Waals surface area contributed by atoms with Crippen molar-refractivity contribution >= 4 is 11.3 Å². The predicted molar refractivity (Wildman–Crippen MR) is 168 cm³/mol. The van der Waals surface area contributed by atoms with Crippen molar-refractivity contribution in [2.45, 2.75) is 0 Å². The predicted octanol–water partition coefficient (Wildman–Crippen LogP) is 9.33. The molecule has 0 unspecified atom stereocenters. The van der Waals surface area contributed by atoms with Gasteiger partial charge in [-0.15, -0.1) is 11.3 Å². The zero-order valence-electron chi connectivity index (χ0n) is 22.1. The third-order valence-electron chi connectivity index (χ3n) is 7.06. The second kappa shape index (κ2) is 11.1. The van der Waals surface area contributed by atoms with Crippen molar-refractivity contribution in [3.8, 4) is 66.1 Å². The second-order valence-corrected chi connectivity index (χ2v) is 10.7. The van der Waals surface area contributed by atoms with Gasteiger partial charge in [0.25, 0.3) is 0 Å². The quantitative estimate of drug-likeness (QED) is 0.209. The van der Waals surface area contributed by atoms with E-state index in [1.54, 1.807) is 36.1 Å². The van der Waals surface area contributed by atoms with Gasteiger partial charge in [-0.05, 0) is 111 Å². The minimum atomic E-state index is 1.08. The zero-order valence-corrected chi connectivity index (χ0v) is 22.9. The lowest BCUT2D eigenvalue weighted by molar-refractivity contribution is 1.32. The van der Waals surface area contributed by atoms with Crippen molar-refractivity contribution in [2.75, 3.05) is 0 Å². The molecular weight excluding hydrogens is 520 g/mol. The van der Waals surface area contributed by atoms with E-state index in [1.807, 2.05) is 49.1 Å². The number of benzene rings is 2. The van der Waals surface area contributed by atoms with Crippen molar-refractivity contribution in [3.05, 3.63) is 146 Å². The normalized spacial score (nSPS) is 10.9. The summed E-state index contributed by atoms with van der Waals surface area (Å²) in [7, 11) is 0. The molecule has 0 aliphatic carbocycles. The van der Waals surface area contributed by atoms with Crippen molar-refractivity contribution in [3.63, 3.8) is 0 Å². The molecule has 41 heavy (non-hydrogen) atoms. The third-order valence-corrected chi connectivity index (χ3v) is 8.04. The Balaban J connectivity index is 1.34. The van der Waals surface area contributed by atoms with Crippen LogP contribution in [0.4, 0.5) is 0 Å². The van der Waals surface area contributed by atoms with Gasteiger partial charge in [0.2, 0.25) is 0 Å². The van der Waals surface area contributed by atoms with Crippen molar-refractivity contribution in [1.29, 1.82) is 0 Å². The molecule has 0 fully saturated rings. The maximum absolute atomic E-state index is 4.36. The molecule has 4 nitrogen and oxygen atoms in total. The van der Waals surface area contributed by atoms with E-state index < -0.39 is 0 Å². The monoisotopic (exact) mass is 544 g/mol. The molecule has 0 saturated carbocycles. The molecule has 0 aliphatic heterocycles. The molecule has 2 aromatic carbocycles. The summed E-state index contributed by atoms with van der Waals surface area (Å²) in [5, 5.41) is 2.24. The molecule has 7 rings (SSSR count). The first-order valence-corrected chi connectivity index (χ1v) is 14.2. The molecular formula is C36H24N4S. The topological polar surface area (TPSA) is 51.6 Å². The summed E-state index contributed by atoms with van der Waals surface area (Å²) in [6.45, 7) is 0. The van der Waals surface area contributed by atoms with Crippen LogP contribution in [0.15, 0.2) is 146 Å². The van der Waals surface area contributed by atoms with Gasteiger partial charge in [-0.3, -0.25) is 19.9 Å². The van der Waals surface area contributed by atoms with E-state index in [9.17, 15) is 0 Å². The third kappa shape index (κ3) is 5.31. The van der Waals surface area contributed by atoms with Crippen molar-refractivity contribution in [2.24, 2.45) is 0 Å². The van der Waals surface area contributed by atoms with E-state index in [-0.39, 0.29) is 0 Å². The molecule has 0 spiro atoms. The molecule has 7 aromatic rings. The number of hydrogen-bond acceptors (Lipinski definition) is 5. The summed E-state index contributed by atoms with van der Waals surface area (Å²) in [4.78, 5) is 18.6. The van der Waals surface area contributed by atoms with Gasteiger partial charge in [-0.1, -0.05) is 24.3 Å². The summed E-state index contributed by atoms with van der Waals surface area (Å²) in [5.74, 6) is 0. The first kappa shape index (κ1) is 24.8. The summed E-state index contributed by atoms with van der Waals surface area (Å²) in [6.07, 6.45) is 14.9. The van der Waals surface area contributed by atoms with Gasteiger partial charge in [0.05, 0.1) is 0 Å². The molecule has 0 atom stereocenters. The Hall–Kier alpha value is -5.26. The molecule has 0 amide bonds. The highest BCUT2D eigenvalue weighted by atomic mass is 32.1. The largest absolute Gasteiger partial charge is 0.264 e. The minimum absolute atomic E-state index is 1.08. The average molecular weight is 545 g/mol. The van der Waals surface area contributed by atoms with Crippen LogP contribution >= 0.6 is 11.3 Å². The first-order chi connectivity index (χ1) is 20.3. The van der Waals surface area contributed by atoms with E-state index in [0.717, 1.165) is 55.6 Å². The molecule has 5 heteroatoms. The van der Waals surface area contributed by atoms with Gasteiger partial charge >= 0.3 is 0 Å². The molecule has 0 radical (unpaired) electrons. The van der Waals surface area contributed by atoms with E-state index in [2.05, 4.69) is 92.0 Å². The maximum Gasteiger partial charge on any atom is 0.0349 e. The molecule has 5 aromatic heterocycles. The molecule has 0 N–H and O–H groups in total. The molecule has 5 heterocycles. The number of hydrogen-bond donors (Lipinski definition) is 0. The van der Waals surface area contributed by atoms with Crippen LogP contribution in [0.5, 0.6) is 0 Å². The molecule has 0 saturated heterocycles. The van der Waals surface area contributed by atoms with Crippen LogP contribution in [0.25, 0.3) is 66.1 Å². The maximum atomic E-state index is 4.36. The van der Waals surface area contributed by atoms with Gasteiger partial charge in [0, 0.05) is 76.7 Å². The second-order valence-electron chi connectivity index (χ2n) is 9.76. The van der Waals surface area contributed by atoms with Crippen LogP contribution < -0.4 is 0 Å². The Morgan fingerprint density at radius 3 is 1.02 bits per heavy atom. The highest BCUT2D eigenvalue weighted by molar-refractivity contribution is 7.14. The van der Waals surface area contributed by atoms with Crippen LogP contribution in [0.3, 0.4) is 0 Å². The van der Waals surface area contributed by atoms with Crippen molar-refractivity contribution in [1.82, 2.24) is 19.9 Å². The lowest BCUT2D eigenvalue weighted by Gasteiger charge is -2.10. The average Bonchev–Trinajstić information content (AvgIpc) is 3.57. The van der Waals surface area contributed by atoms with E-state index in [0.29, 0.717) is 0 Å². The molecule has 0 aliphatic rings. The van der Waals surface area contributed by atoms with Crippen molar-refractivity contribution < 1.29 is 0 Å². The Labute approximate surface area is 242 Å². The number of rotatable bonds is 6. The molecule has 0 bridgehead atoms. The van der Waals surface area contributed by atoms with Gasteiger partial charge < -0.3 is 0 Å². The SMILES string of the molecule is c1cncc(-c2cc(-c3cccnc3)cc(-c3csc(-c4cc(-c5cccnc5)cc(-c5cccnc5)c4)c3)c2)c1. The lowest BCUT2D eigenvalue weighted by atomic mass is 9.94. The smallest absolute Gasteiger partial charge is 0.0349 e. The summed E-state index contributed by atoms with van der Waals surface area (Å²) in [6, 6.07) is 32.0. The minimum Gasteiger partial charge on any atom is -0.264 e. The number of aromatic nitrogens is 4. The van der Waals surface area contributed by atoms with E-state index in [4.69, 9.17) is 0 Å². The number of pyridine rings is 4. The van der Waals surface area contributed by atoms with Gasteiger partial charge in [-0.25, -0.2) is 0 Å².